The van der Waals surface area contributed by atoms with Crippen LogP contribution in [0.25, 0.3) is 0 Å². The predicted molar refractivity (Wildman–Crippen MR) is 101 cm³/mol. The van der Waals surface area contributed by atoms with E-state index >= 15 is 0 Å². The summed E-state index contributed by atoms with van der Waals surface area (Å²) in [6.45, 7) is 2.93. The topological polar surface area (TPSA) is 86.6 Å². The van der Waals surface area contributed by atoms with Gasteiger partial charge in [-0.25, -0.2) is 0 Å². The first-order chi connectivity index (χ1) is 12.8. The van der Waals surface area contributed by atoms with Crippen LogP contribution in [-0.2, 0) is 0 Å². The summed E-state index contributed by atoms with van der Waals surface area (Å²) >= 11 is 0. The lowest BCUT2D eigenvalue weighted by Crippen LogP contribution is -2.32. The van der Waals surface area contributed by atoms with Gasteiger partial charge in [0.2, 0.25) is 6.79 Å². The second-order valence-electron chi connectivity index (χ2n) is 6.30. The van der Waals surface area contributed by atoms with E-state index < -0.39 is 0 Å². The molecule has 0 spiro atoms. The molecule has 4 rings (SSSR count). The fraction of sp³-hybridized carbons (Fsp3) is 0.444. The molecule has 1 fully saturated rings. The van der Waals surface area contributed by atoms with Gasteiger partial charge in [0, 0.05) is 18.8 Å². The Hall–Kier alpha value is -2.45. The van der Waals surface area contributed by atoms with E-state index in [9.17, 15) is 4.79 Å². The molecule has 146 valence electrons. The summed E-state index contributed by atoms with van der Waals surface area (Å²) in [5.74, 6) is 1.88. The van der Waals surface area contributed by atoms with Crippen molar-refractivity contribution in [1.82, 2.24) is 20.4 Å². The van der Waals surface area contributed by atoms with E-state index in [0.29, 0.717) is 36.4 Å². The second kappa shape index (κ2) is 8.96. The lowest BCUT2D eigenvalue weighted by molar-refractivity contribution is 0.0940. The van der Waals surface area contributed by atoms with E-state index in [1.807, 2.05) is 23.0 Å². The molecule has 0 radical (unpaired) electrons. The van der Waals surface area contributed by atoms with Crippen molar-refractivity contribution >= 4 is 18.3 Å². The zero-order chi connectivity index (χ0) is 17.8. The minimum absolute atomic E-state index is 0. The Kier molecular flexibility index (Phi) is 6.41. The van der Waals surface area contributed by atoms with Crippen LogP contribution in [0.1, 0.15) is 29.4 Å². The van der Waals surface area contributed by atoms with Crippen molar-refractivity contribution in [1.29, 1.82) is 0 Å². The molecule has 1 aromatic heterocycles. The third-order valence-corrected chi connectivity index (χ3v) is 4.49. The Morgan fingerprint density at radius 2 is 2.22 bits per heavy atom. The number of nitrogens with zero attached hydrogens (tertiary/aromatic N) is 2. The fourth-order valence-corrected chi connectivity index (χ4v) is 3.11. The largest absolute Gasteiger partial charge is 0.492 e. The van der Waals surface area contributed by atoms with Crippen molar-refractivity contribution < 1.29 is 19.0 Å². The second-order valence-corrected chi connectivity index (χ2v) is 6.30. The zero-order valence-corrected chi connectivity index (χ0v) is 15.7. The molecular formula is C18H23ClN4O4. The van der Waals surface area contributed by atoms with Crippen LogP contribution in [0.4, 0.5) is 0 Å². The van der Waals surface area contributed by atoms with Gasteiger partial charge < -0.3 is 24.8 Å². The lowest BCUT2D eigenvalue weighted by Gasteiger charge is -2.22. The van der Waals surface area contributed by atoms with Gasteiger partial charge in [-0.1, -0.05) is 0 Å². The summed E-state index contributed by atoms with van der Waals surface area (Å²) in [7, 11) is 0. The molecule has 1 saturated heterocycles. The number of benzene rings is 1. The predicted octanol–water partition coefficient (Wildman–Crippen LogP) is 1.77. The van der Waals surface area contributed by atoms with E-state index in [2.05, 4.69) is 15.7 Å². The highest BCUT2D eigenvalue weighted by molar-refractivity contribution is 5.92. The zero-order valence-electron chi connectivity index (χ0n) is 14.8. The first kappa shape index (κ1) is 19.3. The Morgan fingerprint density at radius 3 is 3.07 bits per heavy atom. The normalized spacial score (nSPS) is 17.9. The number of halogens is 1. The molecule has 2 aromatic rings. The number of ether oxygens (including phenoxy) is 3. The third-order valence-electron chi connectivity index (χ3n) is 4.49. The van der Waals surface area contributed by atoms with Crippen LogP contribution in [0, 0.1) is 0 Å². The van der Waals surface area contributed by atoms with Crippen molar-refractivity contribution in [3.63, 3.8) is 0 Å². The molecule has 3 heterocycles. The van der Waals surface area contributed by atoms with E-state index in [4.69, 9.17) is 14.2 Å². The van der Waals surface area contributed by atoms with E-state index in [1.54, 1.807) is 12.1 Å². The molecule has 1 aromatic carbocycles. The van der Waals surface area contributed by atoms with Gasteiger partial charge in [0.25, 0.3) is 5.91 Å². The maximum atomic E-state index is 12.2. The lowest BCUT2D eigenvalue weighted by atomic mass is 10.1. The van der Waals surface area contributed by atoms with Gasteiger partial charge >= 0.3 is 0 Å². The Balaban J connectivity index is 0.00000210. The highest BCUT2D eigenvalue weighted by atomic mass is 35.5. The van der Waals surface area contributed by atoms with Crippen molar-refractivity contribution in [3.8, 4) is 17.2 Å². The van der Waals surface area contributed by atoms with Crippen LogP contribution in [0.15, 0.2) is 30.5 Å². The van der Waals surface area contributed by atoms with Crippen molar-refractivity contribution in [2.24, 2.45) is 0 Å². The molecule has 1 amide bonds. The van der Waals surface area contributed by atoms with Crippen LogP contribution >= 0.6 is 12.4 Å². The molecule has 2 N–H and O–H groups in total. The quantitative estimate of drug-likeness (QED) is 0.726. The molecule has 27 heavy (non-hydrogen) atoms. The van der Waals surface area contributed by atoms with E-state index in [0.717, 1.165) is 31.7 Å². The molecule has 0 aliphatic carbocycles. The molecule has 1 atom stereocenters. The van der Waals surface area contributed by atoms with Crippen molar-refractivity contribution in [2.75, 3.05) is 33.0 Å². The molecular weight excluding hydrogens is 372 g/mol. The first-order valence-electron chi connectivity index (χ1n) is 8.86. The average Bonchev–Trinajstić information content (AvgIpc) is 3.35. The minimum atomic E-state index is -0.193. The molecule has 2 aliphatic heterocycles. The molecule has 0 saturated carbocycles. The summed E-state index contributed by atoms with van der Waals surface area (Å²) in [5.41, 5.74) is 0.429. The molecule has 8 nitrogen and oxygen atoms in total. The summed E-state index contributed by atoms with van der Waals surface area (Å²) in [4.78, 5) is 12.2. The number of nitrogens with one attached hydrogen (secondary N) is 2. The monoisotopic (exact) mass is 394 g/mol. The fourth-order valence-electron chi connectivity index (χ4n) is 3.11. The van der Waals surface area contributed by atoms with Gasteiger partial charge in [-0.2, -0.15) is 5.10 Å². The van der Waals surface area contributed by atoms with Gasteiger partial charge in [0.15, 0.2) is 11.5 Å². The molecule has 0 bridgehead atoms. The van der Waals surface area contributed by atoms with Crippen molar-refractivity contribution in [2.45, 2.75) is 18.9 Å². The molecule has 2 aliphatic rings. The summed E-state index contributed by atoms with van der Waals surface area (Å²) < 4.78 is 18.1. The first-order valence-corrected chi connectivity index (χ1v) is 8.86. The van der Waals surface area contributed by atoms with E-state index in [-0.39, 0.29) is 25.1 Å². The molecule has 9 heteroatoms. The summed E-state index contributed by atoms with van der Waals surface area (Å²) in [6, 6.07) is 7.48. The number of amides is 1. The van der Waals surface area contributed by atoms with Crippen LogP contribution in [0.5, 0.6) is 17.2 Å². The highest BCUT2D eigenvalue weighted by Crippen LogP contribution is 2.34. The van der Waals surface area contributed by atoms with Crippen LogP contribution < -0.4 is 24.8 Å². The Labute approximate surface area is 163 Å². The van der Waals surface area contributed by atoms with Crippen LogP contribution in [-0.4, -0.2) is 48.7 Å². The van der Waals surface area contributed by atoms with Crippen LogP contribution in [0.3, 0.4) is 0 Å². The number of hydrogen-bond acceptors (Lipinski definition) is 6. The van der Waals surface area contributed by atoms with Gasteiger partial charge in [-0.3, -0.25) is 9.48 Å². The summed E-state index contributed by atoms with van der Waals surface area (Å²) in [5, 5.41) is 10.6. The standard InChI is InChI=1S/C18H22N4O4.ClH/c23-18(15-5-8-22(21-15)13-2-1-6-19-11-13)20-7-9-24-14-3-4-16-17(10-14)26-12-25-16;/h3-5,8,10,13,19H,1-2,6-7,9,11-12H2,(H,20,23);1H. The Morgan fingerprint density at radius 1 is 1.33 bits per heavy atom. The smallest absolute Gasteiger partial charge is 0.271 e. The summed E-state index contributed by atoms with van der Waals surface area (Å²) in [6.07, 6.45) is 4.08. The van der Waals surface area contributed by atoms with Gasteiger partial charge in [0.1, 0.15) is 18.1 Å². The van der Waals surface area contributed by atoms with Gasteiger partial charge in [0.05, 0.1) is 12.6 Å². The van der Waals surface area contributed by atoms with Gasteiger partial charge in [-0.15, -0.1) is 12.4 Å². The number of rotatable bonds is 6. The number of hydrogen-bond donors (Lipinski definition) is 2. The number of aromatic nitrogens is 2. The molecule has 1 unspecified atom stereocenters. The number of carbonyl (C=O) groups is 1. The van der Waals surface area contributed by atoms with Crippen molar-refractivity contribution in [3.05, 3.63) is 36.2 Å². The third kappa shape index (κ3) is 4.64. The maximum absolute atomic E-state index is 12.2. The number of fused-ring (bicyclic) bond motifs is 1. The SMILES string of the molecule is Cl.O=C(NCCOc1ccc2c(c1)OCO2)c1ccn(C2CCCNC2)n1. The minimum Gasteiger partial charge on any atom is -0.492 e. The van der Waals surface area contributed by atoms with Crippen LogP contribution in [0.2, 0.25) is 0 Å². The van der Waals surface area contributed by atoms with E-state index in [1.165, 1.54) is 0 Å². The number of piperidine rings is 1. The van der Waals surface area contributed by atoms with Gasteiger partial charge in [-0.05, 0) is 37.6 Å². The average molecular weight is 395 g/mol. The maximum Gasteiger partial charge on any atom is 0.271 e. The number of carbonyl (C=O) groups excluding carboxylic acids is 1. The Bertz CT molecular complexity index is 776. The highest BCUT2D eigenvalue weighted by Gasteiger charge is 2.17.